The van der Waals surface area contributed by atoms with Crippen LogP contribution in [-0.2, 0) is 27.7 Å². The Bertz CT molecular complexity index is 303. The van der Waals surface area contributed by atoms with Crippen molar-refractivity contribution in [1.82, 2.24) is 0 Å². The van der Waals surface area contributed by atoms with Crippen LogP contribution in [0.5, 0.6) is 0 Å². The van der Waals surface area contributed by atoms with Crippen molar-refractivity contribution in [2.45, 2.75) is 24.9 Å². The Balaban J connectivity index is 2.58. The van der Waals surface area contributed by atoms with Gasteiger partial charge in [-0.15, -0.1) is 0 Å². The first-order valence-corrected chi connectivity index (χ1v) is 7.42. The van der Waals surface area contributed by atoms with Crippen LogP contribution in [0.3, 0.4) is 0 Å². The van der Waals surface area contributed by atoms with Crippen molar-refractivity contribution in [1.29, 1.82) is 0 Å². The van der Waals surface area contributed by atoms with Gasteiger partial charge < -0.3 is 23.9 Å². The van der Waals surface area contributed by atoms with Crippen LogP contribution in [0.25, 0.3) is 0 Å². The van der Waals surface area contributed by atoms with E-state index in [0.29, 0.717) is 0 Å². The summed E-state index contributed by atoms with van der Waals surface area (Å²) in [6, 6.07) is 0. The lowest BCUT2D eigenvalue weighted by atomic mass is 10.2. The van der Waals surface area contributed by atoms with Crippen LogP contribution in [0, 0.1) is 0 Å². The Hall–Kier alpha value is 0.300. The molecule has 4 unspecified atom stereocenters. The zero-order chi connectivity index (χ0) is 13.8. The molecule has 1 aliphatic heterocycles. The molecule has 1 fully saturated rings. The van der Waals surface area contributed by atoms with Crippen molar-refractivity contribution in [2.75, 3.05) is 13.7 Å². The average Bonchev–Trinajstić information content (AvgIpc) is 2.68. The SMILES string of the molecule is COP(=O)(O)OC1CC(ON)OC1COP(O)O. The normalized spacial score (nSPS) is 31.8. The van der Waals surface area contributed by atoms with Crippen LogP contribution >= 0.6 is 16.4 Å². The Morgan fingerprint density at radius 1 is 1.56 bits per heavy atom. The van der Waals surface area contributed by atoms with Gasteiger partial charge in [0.25, 0.3) is 0 Å². The topological polar surface area (TPSA) is 150 Å². The molecular formula is C6H15NO9P2. The molecule has 108 valence electrons. The first-order chi connectivity index (χ1) is 8.38. The lowest BCUT2D eigenvalue weighted by Crippen LogP contribution is -2.28. The van der Waals surface area contributed by atoms with Gasteiger partial charge in [-0.05, 0) is 0 Å². The summed E-state index contributed by atoms with van der Waals surface area (Å²) >= 11 is 0. The predicted molar refractivity (Wildman–Crippen MR) is 57.6 cm³/mol. The van der Waals surface area contributed by atoms with Gasteiger partial charge in [0, 0.05) is 13.5 Å². The number of ether oxygens (including phenoxy) is 1. The van der Waals surface area contributed by atoms with Crippen LogP contribution in [0.4, 0.5) is 0 Å². The fourth-order valence-corrected chi connectivity index (χ4v) is 2.31. The van der Waals surface area contributed by atoms with Crippen LogP contribution in [-0.4, -0.2) is 46.9 Å². The van der Waals surface area contributed by atoms with Gasteiger partial charge in [0.05, 0.1) is 6.61 Å². The van der Waals surface area contributed by atoms with Crippen molar-refractivity contribution >= 4 is 16.4 Å². The second kappa shape index (κ2) is 7.18. The fourth-order valence-electron chi connectivity index (χ4n) is 1.38. The third-order valence-electron chi connectivity index (χ3n) is 2.17. The van der Waals surface area contributed by atoms with Gasteiger partial charge in [0.1, 0.15) is 12.2 Å². The number of nitrogens with two attached hydrogens (primary N) is 1. The molecule has 1 heterocycles. The smallest absolute Gasteiger partial charge is 0.342 e. The maximum Gasteiger partial charge on any atom is 0.472 e. The third kappa shape index (κ3) is 5.12. The third-order valence-corrected chi connectivity index (χ3v) is 3.55. The minimum Gasteiger partial charge on any atom is -0.342 e. The van der Waals surface area contributed by atoms with Gasteiger partial charge in [0.2, 0.25) is 0 Å². The monoisotopic (exact) mass is 307 g/mol. The minimum absolute atomic E-state index is 0.0766. The van der Waals surface area contributed by atoms with Gasteiger partial charge >= 0.3 is 16.4 Å². The van der Waals surface area contributed by atoms with Crippen molar-refractivity contribution in [3.63, 3.8) is 0 Å². The highest BCUT2D eigenvalue weighted by Crippen LogP contribution is 2.46. The number of rotatable bonds is 7. The molecule has 0 radical (unpaired) electrons. The molecule has 0 bridgehead atoms. The quantitative estimate of drug-likeness (QED) is 0.353. The predicted octanol–water partition coefficient (Wildman–Crippen LogP) is -0.648. The maximum atomic E-state index is 11.3. The van der Waals surface area contributed by atoms with Crippen LogP contribution in [0.2, 0.25) is 0 Å². The highest BCUT2D eigenvalue weighted by molar-refractivity contribution is 7.47. The standard InChI is InChI=1S/C6H15NO9P2/c1-12-18(10,11)16-4-2-6(15-7)14-5(4)3-13-17(8)9/h4-6,8-9H,2-3,7H2,1H3,(H,10,11). The second-order valence-electron chi connectivity index (χ2n) is 3.32. The molecule has 12 heteroatoms. The largest absolute Gasteiger partial charge is 0.472 e. The van der Waals surface area contributed by atoms with Crippen molar-refractivity contribution < 1.29 is 42.4 Å². The van der Waals surface area contributed by atoms with E-state index >= 15 is 0 Å². The van der Waals surface area contributed by atoms with Crippen molar-refractivity contribution in [2.24, 2.45) is 5.90 Å². The first kappa shape index (κ1) is 16.4. The molecule has 1 aliphatic rings. The summed E-state index contributed by atoms with van der Waals surface area (Å²) in [5.41, 5.74) is 0. The summed E-state index contributed by atoms with van der Waals surface area (Å²) in [7, 11) is -5.74. The number of phosphoric acid groups is 1. The average molecular weight is 307 g/mol. The molecule has 0 saturated carbocycles. The zero-order valence-corrected chi connectivity index (χ0v) is 11.2. The summed E-state index contributed by atoms with van der Waals surface area (Å²) in [6.07, 6.45) is -2.49. The molecule has 1 saturated heterocycles. The van der Waals surface area contributed by atoms with Crippen LogP contribution in [0.1, 0.15) is 6.42 Å². The van der Waals surface area contributed by atoms with Crippen LogP contribution < -0.4 is 5.90 Å². The van der Waals surface area contributed by atoms with Crippen molar-refractivity contribution in [3.8, 4) is 0 Å². The highest BCUT2D eigenvalue weighted by atomic mass is 31.2. The summed E-state index contributed by atoms with van der Waals surface area (Å²) in [5.74, 6) is 4.93. The van der Waals surface area contributed by atoms with Crippen molar-refractivity contribution in [3.05, 3.63) is 0 Å². The molecule has 4 atom stereocenters. The molecule has 0 aromatic heterocycles. The molecule has 0 aromatic rings. The Morgan fingerprint density at radius 2 is 2.22 bits per heavy atom. The summed E-state index contributed by atoms with van der Waals surface area (Å²) in [4.78, 5) is 30.9. The first-order valence-electron chi connectivity index (χ1n) is 4.76. The molecule has 10 nitrogen and oxygen atoms in total. The summed E-state index contributed by atoms with van der Waals surface area (Å²) in [6.45, 7) is -0.257. The van der Waals surface area contributed by atoms with E-state index in [2.05, 4.69) is 13.9 Å². The Kier molecular flexibility index (Phi) is 6.52. The highest BCUT2D eigenvalue weighted by Gasteiger charge is 2.41. The van der Waals surface area contributed by atoms with Gasteiger partial charge in [-0.3, -0.25) is 13.9 Å². The lowest BCUT2D eigenvalue weighted by Gasteiger charge is -2.20. The molecule has 0 amide bonds. The number of hydrogen-bond acceptors (Lipinski definition) is 9. The second-order valence-corrected chi connectivity index (χ2v) is 5.60. The van der Waals surface area contributed by atoms with E-state index in [1.165, 1.54) is 0 Å². The van der Waals surface area contributed by atoms with E-state index in [9.17, 15) is 9.46 Å². The van der Waals surface area contributed by atoms with Gasteiger partial charge in [-0.2, -0.15) is 0 Å². The van der Waals surface area contributed by atoms with E-state index in [0.717, 1.165) is 7.11 Å². The molecule has 0 aliphatic carbocycles. The molecule has 0 spiro atoms. The fraction of sp³-hybridized carbons (Fsp3) is 1.00. The van der Waals surface area contributed by atoms with Crippen LogP contribution in [0.15, 0.2) is 0 Å². The van der Waals surface area contributed by atoms with Gasteiger partial charge in [-0.1, -0.05) is 0 Å². The lowest BCUT2D eigenvalue weighted by molar-refractivity contribution is -0.143. The summed E-state index contributed by atoms with van der Waals surface area (Å²) < 4.78 is 30.1. The van der Waals surface area contributed by atoms with E-state index < -0.39 is 34.9 Å². The van der Waals surface area contributed by atoms with E-state index in [-0.39, 0.29) is 13.0 Å². The maximum absolute atomic E-state index is 11.3. The number of phosphoric ester groups is 1. The summed E-state index contributed by atoms with van der Waals surface area (Å²) in [5, 5.41) is 0. The van der Waals surface area contributed by atoms with E-state index in [1.807, 2.05) is 0 Å². The molecule has 1 rings (SSSR count). The number of hydrogen-bond donors (Lipinski definition) is 4. The van der Waals surface area contributed by atoms with Gasteiger partial charge in [0.15, 0.2) is 6.29 Å². The molecule has 18 heavy (non-hydrogen) atoms. The van der Waals surface area contributed by atoms with E-state index in [1.54, 1.807) is 0 Å². The minimum atomic E-state index is -4.20. The molecule has 5 N–H and O–H groups in total. The molecular weight excluding hydrogens is 292 g/mol. The van der Waals surface area contributed by atoms with Gasteiger partial charge in [-0.25, -0.2) is 10.5 Å². The molecule has 0 aromatic carbocycles. The zero-order valence-electron chi connectivity index (χ0n) is 9.41. The Morgan fingerprint density at radius 3 is 2.72 bits per heavy atom. The Labute approximate surface area is 104 Å². The van der Waals surface area contributed by atoms with E-state index in [4.69, 9.17) is 24.9 Å².